The first-order chi connectivity index (χ1) is 12.6. The predicted molar refractivity (Wildman–Crippen MR) is 86.6 cm³/mol. The highest BCUT2D eigenvalue weighted by atomic mass is 19.3. The Balaban J connectivity index is 1.81. The van der Waals surface area contributed by atoms with Gasteiger partial charge in [-0.25, -0.2) is 0 Å². The van der Waals surface area contributed by atoms with Gasteiger partial charge in [0.1, 0.15) is 12.1 Å². The van der Waals surface area contributed by atoms with E-state index in [1.165, 1.54) is 28.0 Å². The number of carbonyl (C=O) groups is 2. The zero-order valence-corrected chi connectivity index (χ0v) is 14.9. The topological polar surface area (TPSA) is 82.9 Å². The van der Waals surface area contributed by atoms with E-state index in [1.807, 2.05) is 0 Å². The van der Waals surface area contributed by atoms with Crippen LogP contribution in [0, 0.1) is 16.7 Å². The van der Waals surface area contributed by atoms with E-state index in [0.717, 1.165) is 0 Å². The van der Waals surface area contributed by atoms with E-state index < -0.39 is 29.8 Å². The first kappa shape index (κ1) is 17.5. The fourth-order valence-corrected chi connectivity index (χ4v) is 4.16. The molecule has 0 bridgehead atoms. The lowest BCUT2D eigenvalue weighted by Gasteiger charge is -2.42. The van der Waals surface area contributed by atoms with Crippen molar-refractivity contribution in [1.82, 2.24) is 9.80 Å². The predicted octanol–water partition coefficient (Wildman–Crippen LogP) is 2.04. The number of ether oxygens (including phenoxy) is 2. The Bertz CT molecular complexity index is 899. The average molecular weight is 377 g/mol. The zero-order chi connectivity index (χ0) is 19.7. The number of likely N-dealkylation sites (N-methyl/N-ethyl adjacent to an activating group) is 1. The number of fused-ring (bicyclic) bond motifs is 2. The molecule has 3 aliphatic rings. The molecule has 4 atom stereocenters. The van der Waals surface area contributed by atoms with Crippen LogP contribution in [0.4, 0.5) is 8.78 Å². The molecule has 9 heteroatoms. The Labute approximate surface area is 154 Å². The normalized spacial score (nSPS) is 33.9. The SMILES string of the molecule is C[C@@H]1C(=O)N2[C@@H](c3ccc4c(c3)OC(F)(F)O4)[C@@](C)(C#N)C[C@H]2C(=O)N1C. The number of alkyl halides is 2. The van der Waals surface area contributed by atoms with Crippen molar-refractivity contribution in [3.05, 3.63) is 23.8 Å². The maximum absolute atomic E-state index is 13.3. The summed E-state index contributed by atoms with van der Waals surface area (Å²) < 4.78 is 35.6. The van der Waals surface area contributed by atoms with Gasteiger partial charge < -0.3 is 19.3 Å². The van der Waals surface area contributed by atoms with Crippen LogP contribution >= 0.6 is 0 Å². The molecule has 142 valence electrons. The van der Waals surface area contributed by atoms with Gasteiger partial charge in [0.25, 0.3) is 0 Å². The van der Waals surface area contributed by atoms with Crippen molar-refractivity contribution in [3.63, 3.8) is 0 Å². The van der Waals surface area contributed by atoms with E-state index in [9.17, 15) is 23.6 Å². The number of hydrogen-bond donors (Lipinski definition) is 0. The van der Waals surface area contributed by atoms with Gasteiger partial charge in [-0.2, -0.15) is 5.26 Å². The quantitative estimate of drug-likeness (QED) is 0.748. The molecule has 0 saturated carbocycles. The second kappa shape index (κ2) is 5.31. The lowest BCUT2D eigenvalue weighted by Crippen LogP contribution is -2.60. The fourth-order valence-electron chi connectivity index (χ4n) is 4.16. The number of nitrogens with zero attached hydrogens (tertiary/aromatic N) is 3. The Morgan fingerprint density at radius 3 is 2.56 bits per heavy atom. The molecule has 0 unspecified atom stereocenters. The summed E-state index contributed by atoms with van der Waals surface area (Å²) in [5.41, 5.74) is -0.614. The van der Waals surface area contributed by atoms with E-state index in [4.69, 9.17) is 0 Å². The monoisotopic (exact) mass is 377 g/mol. The van der Waals surface area contributed by atoms with Crippen LogP contribution in [0.1, 0.15) is 31.9 Å². The Kier molecular flexibility index (Phi) is 3.45. The standard InChI is InChI=1S/C18H17F2N3O4/c1-9-15(24)23-11(16(25)22(9)3)7-17(2,8-21)14(23)10-4-5-12-13(6-10)27-18(19,20)26-12/h4-6,9,11,14H,7H2,1-3H3/t9-,11+,14+,17-/m1/s1. The largest absolute Gasteiger partial charge is 0.586 e. The van der Waals surface area contributed by atoms with Crippen molar-refractivity contribution in [2.75, 3.05) is 7.05 Å². The van der Waals surface area contributed by atoms with Crippen LogP contribution in [0.5, 0.6) is 11.5 Å². The van der Waals surface area contributed by atoms with Gasteiger partial charge in [0, 0.05) is 7.05 Å². The smallest absolute Gasteiger partial charge is 0.395 e. The summed E-state index contributed by atoms with van der Waals surface area (Å²) >= 11 is 0. The summed E-state index contributed by atoms with van der Waals surface area (Å²) in [6, 6.07) is 4.21. The van der Waals surface area contributed by atoms with Gasteiger partial charge in [-0.15, -0.1) is 8.78 Å². The van der Waals surface area contributed by atoms with E-state index in [1.54, 1.807) is 20.9 Å². The fraction of sp³-hybridized carbons (Fsp3) is 0.500. The van der Waals surface area contributed by atoms with Crippen molar-refractivity contribution < 1.29 is 27.8 Å². The highest BCUT2D eigenvalue weighted by molar-refractivity contribution is 5.97. The van der Waals surface area contributed by atoms with Gasteiger partial charge in [-0.05, 0) is 38.0 Å². The van der Waals surface area contributed by atoms with Crippen molar-refractivity contribution in [1.29, 1.82) is 5.26 Å². The zero-order valence-electron chi connectivity index (χ0n) is 14.9. The van der Waals surface area contributed by atoms with Crippen LogP contribution in [0.25, 0.3) is 0 Å². The Morgan fingerprint density at radius 2 is 1.89 bits per heavy atom. The van der Waals surface area contributed by atoms with Crippen LogP contribution in [0.15, 0.2) is 18.2 Å². The number of carbonyl (C=O) groups excluding carboxylic acids is 2. The minimum absolute atomic E-state index is 0.119. The highest BCUT2D eigenvalue weighted by Crippen LogP contribution is 2.53. The summed E-state index contributed by atoms with van der Waals surface area (Å²) in [4.78, 5) is 28.4. The van der Waals surface area contributed by atoms with Gasteiger partial charge in [0.05, 0.1) is 17.5 Å². The van der Waals surface area contributed by atoms with Crippen LogP contribution in [-0.4, -0.2) is 47.0 Å². The summed E-state index contributed by atoms with van der Waals surface area (Å²) in [7, 11) is 1.56. The lowest BCUT2D eigenvalue weighted by atomic mass is 9.79. The number of piperazine rings is 1. The number of halogens is 2. The first-order valence-electron chi connectivity index (χ1n) is 8.48. The van der Waals surface area contributed by atoms with E-state index in [2.05, 4.69) is 15.5 Å². The minimum Gasteiger partial charge on any atom is -0.395 e. The second-order valence-electron chi connectivity index (χ2n) is 7.40. The third-order valence-corrected chi connectivity index (χ3v) is 5.66. The molecule has 2 fully saturated rings. The number of rotatable bonds is 1. The molecule has 0 radical (unpaired) electrons. The third-order valence-electron chi connectivity index (χ3n) is 5.66. The van der Waals surface area contributed by atoms with Crippen LogP contribution in [-0.2, 0) is 9.59 Å². The van der Waals surface area contributed by atoms with Crippen molar-refractivity contribution in [2.24, 2.45) is 5.41 Å². The summed E-state index contributed by atoms with van der Waals surface area (Å²) in [5, 5.41) is 9.80. The molecule has 0 N–H and O–H groups in total. The minimum atomic E-state index is -3.76. The van der Waals surface area contributed by atoms with Gasteiger partial charge in [0.2, 0.25) is 11.8 Å². The van der Waals surface area contributed by atoms with Gasteiger partial charge in [-0.3, -0.25) is 9.59 Å². The van der Waals surface area contributed by atoms with Gasteiger partial charge in [0.15, 0.2) is 11.5 Å². The molecule has 2 saturated heterocycles. The molecule has 0 aliphatic carbocycles. The molecular formula is C18H17F2N3O4. The van der Waals surface area contributed by atoms with Crippen molar-refractivity contribution in [2.45, 2.75) is 44.7 Å². The van der Waals surface area contributed by atoms with Crippen molar-refractivity contribution >= 4 is 11.8 Å². The molecule has 3 heterocycles. The Morgan fingerprint density at radius 1 is 1.22 bits per heavy atom. The average Bonchev–Trinajstić information content (AvgIpc) is 3.10. The van der Waals surface area contributed by atoms with Gasteiger partial charge in [-0.1, -0.05) is 6.07 Å². The maximum atomic E-state index is 13.3. The summed E-state index contributed by atoms with van der Waals surface area (Å²) in [6.45, 7) is 3.29. The molecule has 0 spiro atoms. The number of hydrogen-bond acceptors (Lipinski definition) is 5. The molecule has 1 aromatic carbocycles. The van der Waals surface area contributed by atoms with Gasteiger partial charge >= 0.3 is 6.29 Å². The maximum Gasteiger partial charge on any atom is 0.586 e. The van der Waals surface area contributed by atoms with E-state index in [-0.39, 0.29) is 29.7 Å². The Hall–Kier alpha value is -2.89. The summed E-state index contributed by atoms with van der Waals surface area (Å²) in [5.74, 6) is -0.805. The lowest BCUT2D eigenvalue weighted by molar-refractivity contribution is -0.286. The molecule has 27 heavy (non-hydrogen) atoms. The highest BCUT2D eigenvalue weighted by Gasteiger charge is 2.59. The molecule has 3 aliphatic heterocycles. The van der Waals surface area contributed by atoms with Crippen molar-refractivity contribution in [3.8, 4) is 17.6 Å². The number of nitriles is 1. The molecular weight excluding hydrogens is 360 g/mol. The molecule has 0 aromatic heterocycles. The summed E-state index contributed by atoms with van der Waals surface area (Å²) in [6.07, 6.45) is -3.59. The second-order valence-corrected chi connectivity index (χ2v) is 7.40. The van der Waals surface area contributed by atoms with Crippen LogP contribution < -0.4 is 9.47 Å². The number of amides is 2. The molecule has 7 nitrogen and oxygen atoms in total. The third kappa shape index (κ3) is 2.36. The number of benzene rings is 1. The molecule has 4 rings (SSSR count). The van der Waals surface area contributed by atoms with E-state index >= 15 is 0 Å². The first-order valence-corrected chi connectivity index (χ1v) is 8.48. The van der Waals surface area contributed by atoms with Crippen LogP contribution in [0.3, 0.4) is 0 Å². The van der Waals surface area contributed by atoms with E-state index in [0.29, 0.717) is 5.56 Å². The van der Waals surface area contributed by atoms with Crippen LogP contribution in [0.2, 0.25) is 0 Å². The molecule has 2 amide bonds. The molecule has 1 aromatic rings.